The molecule has 3 N–H and O–H groups in total. The van der Waals surface area contributed by atoms with Crippen molar-refractivity contribution in [2.75, 3.05) is 33.4 Å². The van der Waals surface area contributed by atoms with E-state index in [0.29, 0.717) is 41.1 Å². The molecule has 0 spiro atoms. The number of nitrogens with one attached hydrogen (secondary N) is 2. The Hall–Kier alpha value is -6.25. The first kappa shape index (κ1) is 35.1. The van der Waals surface area contributed by atoms with E-state index in [4.69, 9.17) is 29.5 Å². The zero-order valence-electron chi connectivity index (χ0n) is 27.9. The van der Waals surface area contributed by atoms with E-state index in [0.717, 1.165) is 16.6 Å². The number of hydrogen-bond donors (Lipinski definition) is 3. The summed E-state index contributed by atoms with van der Waals surface area (Å²) >= 11 is 0. The van der Waals surface area contributed by atoms with Crippen LogP contribution in [0.5, 0.6) is 11.5 Å². The quantitative estimate of drug-likeness (QED) is 0.238. The second-order valence-electron chi connectivity index (χ2n) is 11.3. The minimum Gasteiger partial charge on any atom is -0.493 e. The largest absolute Gasteiger partial charge is 0.493 e. The highest BCUT2D eigenvalue weighted by Crippen LogP contribution is 2.28. The molecule has 0 saturated carbocycles. The van der Waals surface area contributed by atoms with Gasteiger partial charge in [0.05, 0.1) is 37.3 Å². The minimum atomic E-state index is -0.544. The Morgan fingerprint density at radius 2 is 1.78 bits per heavy atom. The van der Waals surface area contributed by atoms with Gasteiger partial charge in [0, 0.05) is 24.2 Å². The molecule has 1 aliphatic heterocycles. The summed E-state index contributed by atoms with van der Waals surface area (Å²) in [6.45, 7) is 3.89. The summed E-state index contributed by atoms with van der Waals surface area (Å²) in [4.78, 5) is 59.5. The van der Waals surface area contributed by atoms with Crippen molar-refractivity contribution >= 4 is 35.2 Å². The van der Waals surface area contributed by atoms with Crippen LogP contribution in [0.4, 0.5) is 0 Å². The molecule has 5 aromatic rings. The van der Waals surface area contributed by atoms with Crippen molar-refractivity contribution in [3.63, 3.8) is 0 Å². The van der Waals surface area contributed by atoms with Crippen LogP contribution < -0.4 is 20.1 Å². The van der Waals surface area contributed by atoms with E-state index >= 15 is 0 Å². The molecule has 1 atom stereocenters. The topological polar surface area (TPSA) is 183 Å². The van der Waals surface area contributed by atoms with Crippen LogP contribution in [-0.2, 0) is 27.5 Å². The van der Waals surface area contributed by atoms with Gasteiger partial charge in [0.2, 0.25) is 11.8 Å². The molecular formula is C35H38N8O7. The van der Waals surface area contributed by atoms with Crippen LogP contribution in [0.25, 0.3) is 22.4 Å². The fourth-order valence-corrected chi connectivity index (χ4v) is 5.58. The fourth-order valence-electron chi connectivity index (χ4n) is 5.58. The van der Waals surface area contributed by atoms with Crippen molar-refractivity contribution < 1.29 is 33.8 Å². The number of hydrogen-bond acceptors (Lipinski definition) is 9. The molecule has 0 unspecified atom stereocenters. The minimum absolute atomic E-state index is 0.0168. The lowest BCUT2D eigenvalue weighted by molar-refractivity contribution is -0.136. The van der Waals surface area contributed by atoms with Crippen molar-refractivity contribution in [3.8, 4) is 22.9 Å². The highest BCUT2D eigenvalue weighted by atomic mass is 16.5. The van der Waals surface area contributed by atoms with Crippen LogP contribution in [0, 0.1) is 6.92 Å². The van der Waals surface area contributed by atoms with Crippen molar-refractivity contribution in [1.29, 1.82) is 0 Å². The molecule has 3 heterocycles. The van der Waals surface area contributed by atoms with Gasteiger partial charge in [0.1, 0.15) is 24.8 Å². The van der Waals surface area contributed by atoms with Crippen molar-refractivity contribution in [2.45, 2.75) is 33.0 Å². The molecular weight excluding hydrogens is 644 g/mol. The molecule has 1 aliphatic rings. The highest BCUT2D eigenvalue weighted by molar-refractivity contribution is 5.95. The molecule has 50 heavy (non-hydrogen) atoms. The molecule has 260 valence electrons. The first-order chi connectivity index (χ1) is 24.2. The van der Waals surface area contributed by atoms with Crippen LogP contribution in [0.1, 0.15) is 35.0 Å². The van der Waals surface area contributed by atoms with Gasteiger partial charge in [-0.2, -0.15) is 5.10 Å². The van der Waals surface area contributed by atoms with Gasteiger partial charge in [-0.05, 0) is 44.2 Å². The SMILES string of the molecule is COc1ccc2cc1OCCn1nc(-c3ccccc3)nc1[C@@H](C)NC(=O)CN(C(=O)Cn1c(C)nc3ccccc31)CCNC2=O.O=CO. The first-order valence-corrected chi connectivity index (χ1v) is 15.9. The number of benzene rings is 3. The molecule has 15 nitrogen and oxygen atoms in total. The Bertz CT molecular complexity index is 1970. The second kappa shape index (κ2) is 16.2. The van der Waals surface area contributed by atoms with E-state index in [2.05, 4.69) is 15.6 Å². The Labute approximate surface area is 287 Å². The predicted octanol–water partition coefficient (Wildman–Crippen LogP) is 2.84. The fraction of sp³-hybridized carbons (Fsp3) is 0.286. The van der Waals surface area contributed by atoms with Crippen LogP contribution in [0.3, 0.4) is 0 Å². The summed E-state index contributed by atoms with van der Waals surface area (Å²) in [5.74, 6) is 1.57. The number of rotatable bonds is 4. The third-order valence-electron chi connectivity index (χ3n) is 7.98. The third kappa shape index (κ3) is 8.24. The lowest BCUT2D eigenvalue weighted by Crippen LogP contribution is -2.46. The number of aryl methyl sites for hydroxylation is 1. The van der Waals surface area contributed by atoms with E-state index < -0.39 is 6.04 Å². The van der Waals surface area contributed by atoms with Gasteiger partial charge in [0.15, 0.2) is 17.3 Å². The number of amides is 3. The maximum absolute atomic E-state index is 13.8. The monoisotopic (exact) mass is 682 g/mol. The maximum Gasteiger partial charge on any atom is 0.290 e. The number of imidazole rings is 1. The highest BCUT2D eigenvalue weighted by Gasteiger charge is 2.24. The lowest BCUT2D eigenvalue weighted by atomic mass is 10.2. The Morgan fingerprint density at radius 3 is 2.54 bits per heavy atom. The average Bonchev–Trinajstić information content (AvgIpc) is 3.68. The number of carbonyl (C=O) groups is 4. The normalized spacial score (nSPS) is 15.3. The summed E-state index contributed by atoms with van der Waals surface area (Å²) in [6.07, 6.45) is 0. The molecule has 0 fully saturated rings. The van der Waals surface area contributed by atoms with Gasteiger partial charge in [0.25, 0.3) is 12.4 Å². The molecule has 6 rings (SSSR count). The van der Waals surface area contributed by atoms with Crippen LogP contribution in [0.15, 0.2) is 72.8 Å². The van der Waals surface area contributed by atoms with E-state index in [1.54, 1.807) is 22.9 Å². The summed E-state index contributed by atoms with van der Waals surface area (Å²) in [5.41, 5.74) is 2.79. The summed E-state index contributed by atoms with van der Waals surface area (Å²) in [6, 6.07) is 21.5. The molecule has 0 aliphatic carbocycles. The number of nitrogens with zero attached hydrogens (tertiary/aromatic N) is 6. The Kier molecular flexibility index (Phi) is 11.4. The van der Waals surface area contributed by atoms with Crippen molar-refractivity contribution in [3.05, 3.63) is 90.0 Å². The maximum atomic E-state index is 13.8. The van der Waals surface area contributed by atoms with Crippen molar-refractivity contribution in [1.82, 2.24) is 39.8 Å². The molecule has 2 bridgehead atoms. The first-order valence-electron chi connectivity index (χ1n) is 15.9. The number of methoxy groups -OCH3 is 1. The number of para-hydroxylation sites is 2. The van der Waals surface area contributed by atoms with Crippen molar-refractivity contribution in [2.24, 2.45) is 0 Å². The Morgan fingerprint density at radius 1 is 1.04 bits per heavy atom. The summed E-state index contributed by atoms with van der Waals surface area (Å²) < 4.78 is 15.1. The molecule has 2 aromatic heterocycles. The number of aromatic nitrogens is 5. The van der Waals surface area contributed by atoms with E-state index in [-0.39, 0.29) is 57.0 Å². The van der Waals surface area contributed by atoms with E-state index in [1.165, 1.54) is 12.0 Å². The molecule has 0 saturated heterocycles. The van der Waals surface area contributed by atoms with Gasteiger partial charge in [-0.15, -0.1) is 0 Å². The van der Waals surface area contributed by atoms with E-state index in [9.17, 15) is 14.4 Å². The molecule has 3 amide bonds. The smallest absolute Gasteiger partial charge is 0.290 e. The molecule has 3 aromatic carbocycles. The van der Waals surface area contributed by atoms with Crippen LogP contribution in [-0.4, -0.2) is 91.9 Å². The molecule has 0 radical (unpaired) electrons. The zero-order valence-corrected chi connectivity index (χ0v) is 27.9. The Balaban J connectivity index is 0.00000156. The molecule has 15 heteroatoms. The van der Waals surface area contributed by atoms with Crippen LogP contribution in [0.2, 0.25) is 0 Å². The number of fused-ring (bicyclic) bond motifs is 4. The van der Waals surface area contributed by atoms with Crippen LogP contribution >= 0.6 is 0 Å². The zero-order chi connectivity index (χ0) is 35.6. The van der Waals surface area contributed by atoms with Gasteiger partial charge < -0.3 is 34.7 Å². The van der Waals surface area contributed by atoms with Gasteiger partial charge in [-0.25, -0.2) is 14.6 Å². The lowest BCUT2D eigenvalue weighted by Gasteiger charge is -2.24. The number of carboxylic acid groups (broad SMARTS) is 1. The van der Waals surface area contributed by atoms with E-state index in [1.807, 2.05) is 73.0 Å². The average molecular weight is 683 g/mol. The van der Waals surface area contributed by atoms with Gasteiger partial charge in [-0.1, -0.05) is 42.5 Å². The van der Waals surface area contributed by atoms with Gasteiger partial charge in [-0.3, -0.25) is 19.2 Å². The number of ether oxygens (including phenoxy) is 2. The number of carbonyl (C=O) groups excluding carboxylic acids is 3. The standard InChI is InChI=1S/C34H36N8O5.CH2O2/c1-22-33-38-32(24-9-5-4-6-10-24)39-42(33)17-18-47-29-19-25(13-14-28(29)46-3)34(45)35-15-16-40(20-30(43)36-22)31(44)21-41-23(2)37-26-11-7-8-12-27(26)41;2-1-3/h4-14,19,22H,15-18,20-21H2,1-3H3,(H,35,45)(H,36,43);1H,(H,2,3)/t22-;/m1./s1. The summed E-state index contributed by atoms with van der Waals surface area (Å²) in [7, 11) is 1.53. The second-order valence-corrected chi connectivity index (χ2v) is 11.3. The summed E-state index contributed by atoms with van der Waals surface area (Å²) in [5, 5.41) is 17.5. The third-order valence-corrected chi connectivity index (χ3v) is 7.98. The predicted molar refractivity (Wildman–Crippen MR) is 183 cm³/mol. The van der Waals surface area contributed by atoms with Gasteiger partial charge >= 0.3 is 0 Å².